The van der Waals surface area contributed by atoms with Crippen molar-refractivity contribution in [2.45, 2.75) is 56.5 Å². The Labute approximate surface area is 179 Å². The Kier molecular flexibility index (Phi) is 7.50. The first-order valence-electron chi connectivity index (χ1n) is 10.4. The van der Waals surface area contributed by atoms with Crippen molar-refractivity contribution >= 4 is 15.9 Å². The van der Waals surface area contributed by atoms with Crippen molar-refractivity contribution in [1.29, 1.82) is 0 Å². The molecule has 0 aliphatic heterocycles. The van der Waals surface area contributed by atoms with Crippen LogP contribution in [0, 0.1) is 6.92 Å². The lowest BCUT2D eigenvalue weighted by Crippen LogP contribution is -2.47. The molecule has 1 N–H and O–H groups in total. The number of aryl methyl sites for hydroxylation is 1. The van der Waals surface area contributed by atoms with Crippen molar-refractivity contribution in [2.75, 3.05) is 13.7 Å². The molecule has 6 nitrogen and oxygen atoms in total. The Hall–Kier alpha value is -2.38. The van der Waals surface area contributed by atoms with Crippen LogP contribution < -0.4 is 10.1 Å². The lowest BCUT2D eigenvalue weighted by Gasteiger charge is -2.33. The zero-order valence-corrected chi connectivity index (χ0v) is 18.5. The predicted molar refractivity (Wildman–Crippen MR) is 117 cm³/mol. The van der Waals surface area contributed by atoms with Crippen molar-refractivity contribution in [2.24, 2.45) is 0 Å². The number of carbonyl (C=O) groups is 1. The average molecular weight is 431 g/mol. The molecule has 0 saturated heterocycles. The molecule has 7 heteroatoms. The summed E-state index contributed by atoms with van der Waals surface area (Å²) >= 11 is 0. The maximum atomic E-state index is 13.6. The third-order valence-electron chi connectivity index (χ3n) is 5.52. The Balaban J connectivity index is 1.85. The number of ether oxygens (including phenoxy) is 1. The molecule has 162 valence electrons. The molecule has 0 radical (unpaired) electrons. The van der Waals surface area contributed by atoms with Gasteiger partial charge in [0.25, 0.3) is 0 Å². The van der Waals surface area contributed by atoms with Crippen LogP contribution in [-0.2, 0) is 21.4 Å². The Morgan fingerprint density at radius 1 is 1.10 bits per heavy atom. The monoisotopic (exact) mass is 430 g/mol. The molecule has 1 amide bonds. The van der Waals surface area contributed by atoms with Gasteiger partial charge < -0.3 is 10.1 Å². The van der Waals surface area contributed by atoms with Crippen LogP contribution in [0.2, 0.25) is 0 Å². The fourth-order valence-corrected chi connectivity index (χ4v) is 5.77. The second kappa shape index (κ2) is 10.1. The minimum Gasteiger partial charge on any atom is -0.495 e. The smallest absolute Gasteiger partial charge is 0.247 e. The molecule has 0 atom stereocenters. The Bertz CT molecular complexity index is 954. The molecular weight excluding hydrogens is 400 g/mol. The molecule has 1 aliphatic carbocycles. The molecule has 1 aliphatic rings. The number of benzene rings is 2. The van der Waals surface area contributed by atoms with Gasteiger partial charge in [-0.05, 0) is 43.0 Å². The normalized spacial score (nSPS) is 15.2. The van der Waals surface area contributed by atoms with Gasteiger partial charge in [0.1, 0.15) is 10.6 Å². The van der Waals surface area contributed by atoms with Crippen LogP contribution in [0.1, 0.15) is 43.2 Å². The zero-order valence-electron chi connectivity index (χ0n) is 17.6. The van der Waals surface area contributed by atoms with Crippen molar-refractivity contribution in [1.82, 2.24) is 9.62 Å². The second-order valence-electron chi connectivity index (χ2n) is 7.76. The van der Waals surface area contributed by atoms with Gasteiger partial charge in [0.15, 0.2) is 0 Å². The molecule has 0 bridgehead atoms. The average Bonchev–Trinajstić information content (AvgIpc) is 2.77. The van der Waals surface area contributed by atoms with Crippen molar-refractivity contribution in [3.8, 4) is 5.75 Å². The second-order valence-corrected chi connectivity index (χ2v) is 9.62. The van der Waals surface area contributed by atoms with E-state index in [1.165, 1.54) is 11.4 Å². The van der Waals surface area contributed by atoms with E-state index in [4.69, 9.17) is 4.74 Å². The summed E-state index contributed by atoms with van der Waals surface area (Å²) in [5.41, 5.74) is 1.80. The van der Waals surface area contributed by atoms with Gasteiger partial charge in [-0.25, -0.2) is 8.42 Å². The number of carbonyl (C=O) groups excluding carboxylic acids is 1. The van der Waals surface area contributed by atoms with Crippen molar-refractivity contribution < 1.29 is 17.9 Å². The SMILES string of the molecule is COc1ccc(C)cc1S(=O)(=O)N(CC(=O)NCc1ccccc1)C1CCCCC1. The van der Waals surface area contributed by atoms with Crippen LogP contribution in [0.5, 0.6) is 5.75 Å². The number of rotatable bonds is 8. The van der Waals surface area contributed by atoms with Crippen LogP contribution >= 0.6 is 0 Å². The zero-order chi connectivity index (χ0) is 21.6. The number of nitrogens with zero attached hydrogens (tertiary/aromatic N) is 1. The van der Waals surface area contributed by atoms with E-state index in [-0.39, 0.29) is 23.4 Å². The molecule has 0 heterocycles. The summed E-state index contributed by atoms with van der Waals surface area (Å²) in [6.45, 7) is 2.01. The third kappa shape index (κ3) is 5.40. The minimum absolute atomic E-state index is 0.117. The number of hydrogen-bond donors (Lipinski definition) is 1. The lowest BCUT2D eigenvalue weighted by molar-refractivity contribution is -0.121. The molecule has 0 unspecified atom stereocenters. The molecule has 2 aromatic carbocycles. The van der Waals surface area contributed by atoms with Gasteiger partial charge in [0.05, 0.1) is 13.7 Å². The molecule has 0 aromatic heterocycles. The van der Waals surface area contributed by atoms with Crippen molar-refractivity contribution in [3.05, 3.63) is 59.7 Å². The number of sulfonamides is 1. The van der Waals surface area contributed by atoms with E-state index in [1.54, 1.807) is 12.1 Å². The summed E-state index contributed by atoms with van der Waals surface area (Å²) in [4.78, 5) is 12.8. The first-order chi connectivity index (χ1) is 14.4. The van der Waals surface area contributed by atoms with Crippen LogP contribution in [0.25, 0.3) is 0 Å². The van der Waals surface area contributed by atoms with E-state index >= 15 is 0 Å². The standard InChI is InChI=1S/C23H30N2O4S/c1-18-13-14-21(29-2)22(15-18)30(27,28)25(20-11-7-4-8-12-20)17-23(26)24-16-19-9-5-3-6-10-19/h3,5-6,9-10,13-15,20H,4,7-8,11-12,16-17H2,1-2H3,(H,24,26). The number of methoxy groups -OCH3 is 1. The first-order valence-corrected chi connectivity index (χ1v) is 11.8. The van der Waals surface area contributed by atoms with E-state index in [0.717, 1.165) is 43.2 Å². The molecule has 3 rings (SSSR count). The van der Waals surface area contributed by atoms with Gasteiger partial charge in [-0.15, -0.1) is 0 Å². The topological polar surface area (TPSA) is 75.7 Å². The Morgan fingerprint density at radius 2 is 1.80 bits per heavy atom. The van der Waals surface area contributed by atoms with Gasteiger partial charge in [-0.3, -0.25) is 4.79 Å². The summed E-state index contributed by atoms with van der Waals surface area (Å²) in [5.74, 6) is -0.00859. The largest absolute Gasteiger partial charge is 0.495 e. The maximum Gasteiger partial charge on any atom is 0.247 e. The van der Waals surface area contributed by atoms with Crippen LogP contribution in [-0.4, -0.2) is 38.3 Å². The van der Waals surface area contributed by atoms with Crippen molar-refractivity contribution in [3.63, 3.8) is 0 Å². The third-order valence-corrected chi connectivity index (χ3v) is 7.44. The summed E-state index contributed by atoms with van der Waals surface area (Å²) in [5, 5.41) is 2.86. The maximum absolute atomic E-state index is 13.6. The van der Waals surface area contributed by atoms with E-state index < -0.39 is 10.0 Å². The summed E-state index contributed by atoms with van der Waals surface area (Å²) in [6.07, 6.45) is 4.55. The summed E-state index contributed by atoms with van der Waals surface area (Å²) in [7, 11) is -2.44. The lowest BCUT2D eigenvalue weighted by atomic mass is 9.95. The van der Waals surface area contributed by atoms with E-state index in [9.17, 15) is 13.2 Å². The van der Waals surface area contributed by atoms with Gasteiger partial charge in [-0.1, -0.05) is 55.7 Å². The van der Waals surface area contributed by atoms with Gasteiger partial charge in [0.2, 0.25) is 15.9 Å². The summed E-state index contributed by atoms with van der Waals surface area (Å²) in [6, 6.07) is 14.5. The molecule has 1 fully saturated rings. The minimum atomic E-state index is -3.90. The molecule has 1 saturated carbocycles. The quantitative estimate of drug-likeness (QED) is 0.694. The summed E-state index contributed by atoms with van der Waals surface area (Å²) < 4.78 is 34.0. The van der Waals surface area contributed by atoms with Gasteiger partial charge in [-0.2, -0.15) is 4.31 Å². The molecule has 30 heavy (non-hydrogen) atoms. The van der Waals surface area contributed by atoms with E-state index in [1.807, 2.05) is 43.3 Å². The number of hydrogen-bond acceptors (Lipinski definition) is 4. The Morgan fingerprint density at radius 3 is 2.47 bits per heavy atom. The van der Waals surface area contributed by atoms with Crippen LogP contribution in [0.15, 0.2) is 53.4 Å². The van der Waals surface area contributed by atoms with E-state index in [0.29, 0.717) is 12.3 Å². The van der Waals surface area contributed by atoms with Crippen LogP contribution in [0.4, 0.5) is 0 Å². The molecular formula is C23H30N2O4S. The fraction of sp³-hybridized carbons (Fsp3) is 0.435. The first kappa shape index (κ1) is 22.3. The highest BCUT2D eigenvalue weighted by Crippen LogP contribution is 2.32. The highest BCUT2D eigenvalue weighted by atomic mass is 32.2. The molecule has 0 spiro atoms. The fourth-order valence-electron chi connectivity index (χ4n) is 3.89. The van der Waals surface area contributed by atoms with Crippen LogP contribution in [0.3, 0.4) is 0 Å². The highest BCUT2D eigenvalue weighted by Gasteiger charge is 2.35. The van der Waals surface area contributed by atoms with E-state index in [2.05, 4.69) is 5.32 Å². The number of nitrogens with one attached hydrogen (secondary N) is 1. The number of amides is 1. The van der Waals surface area contributed by atoms with Gasteiger partial charge in [0, 0.05) is 12.6 Å². The molecule has 2 aromatic rings. The van der Waals surface area contributed by atoms with Gasteiger partial charge >= 0.3 is 0 Å². The predicted octanol–water partition coefficient (Wildman–Crippen LogP) is 3.64. The highest BCUT2D eigenvalue weighted by molar-refractivity contribution is 7.89.